The smallest absolute Gasteiger partial charge is 0.257 e. The van der Waals surface area contributed by atoms with E-state index in [9.17, 15) is 14.0 Å². The number of aryl methyl sites for hydroxylation is 2. The second kappa shape index (κ2) is 13.3. The highest BCUT2D eigenvalue weighted by atomic mass is 19.1. The average molecular weight is 539 g/mol. The Morgan fingerprint density at radius 1 is 1.13 bits per heavy atom. The number of amides is 2. The number of hydrazine groups is 1. The van der Waals surface area contributed by atoms with E-state index in [-0.39, 0.29) is 38.1 Å². The molecule has 0 spiro atoms. The zero-order valence-electron chi connectivity index (χ0n) is 22.5. The van der Waals surface area contributed by atoms with Crippen LogP contribution in [0.1, 0.15) is 56.1 Å². The fraction of sp³-hybridized carbons (Fsp3) is 0.448. The summed E-state index contributed by atoms with van der Waals surface area (Å²) in [6, 6.07) is 10.6. The molecule has 1 aromatic heterocycles. The molecule has 1 aliphatic heterocycles. The highest BCUT2D eigenvalue weighted by Crippen LogP contribution is 2.28. The van der Waals surface area contributed by atoms with Gasteiger partial charge in [-0.25, -0.2) is 9.40 Å². The minimum Gasteiger partial charge on any atom is -0.355 e. The first kappa shape index (κ1) is 29.8. The largest absolute Gasteiger partial charge is 0.355 e. The van der Waals surface area contributed by atoms with Gasteiger partial charge in [0.25, 0.3) is 11.8 Å². The molecular weight excluding hydrogens is 499 g/mol. The fourth-order valence-electron chi connectivity index (χ4n) is 4.61. The number of rotatable bonds is 11. The van der Waals surface area contributed by atoms with Crippen LogP contribution >= 0.6 is 0 Å². The minimum absolute atomic E-state index is 0. The quantitative estimate of drug-likeness (QED) is 0.356. The molecule has 0 saturated carbocycles. The van der Waals surface area contributed by atoms with Crippen LogP contribution in [0.15, 0.2) is 40.9 Å². The first-order chi connectivity index (χ1) is 18.3. The van der Waals surface area contributed by atoms with Crippen molar-refractivity contribution in [1.82, 2.24) is 25.5 Å². The first-order valence-electron chi connectivity index (χ1n) is 13.0. The highest BCUT2D eigenvalue weighted by molar-refractivity contribution is 5.87. The van der Waals surface area contributed by atoms with Gasteiger partial charge in [0.2, 0.25) is 5.91 Å². The van der Waals surface area contributed by atoms with E-state index in [1.807, 2.05) is 36.2 Å². The minimum atomic E-state index is -0.264. The average Bonchev–Trinajstić information content (AvgIpc) is 3.53. The topological polar surface area (TPSA) is 94.8 Å². The molecule has 0 unspecified atom stereocenters. The normalized spacial score (nSPS) is 12.5. The zero-order valence-corrected chi connectivity index (χ0v) is 22.5. The number of hydrogen-bond donors (Lipinski definition) is 1. The van der Waals surface area contributed by atoms with E-state index in [1.54, 1.807) is 24.9 Å². The predicted molar refractivity (Wildman–Crippen MR) is 149 cm³/mol. The van der Waals surface area contributed by atoms with E-state index in [1.165, 1.54) is 11.1 Å². The van der Waals surface area contributed by atoms with Gasteiger partial charge < -0.3 is 14.7 Å². The van der Waals surface area contributed by atoms with Crippen LogP contribution < -0.4 is 10.2 Å². The molecule has 0 aliphatic carbocycles. The number of unbranched alkanes of at least 4 members (excludes halogenated alkanes) is 2. The number of hydrogen-bond acceptors (Lipinski definition) is 7. The van der Waals surface area contributed by atoms with Crippen LogP contribution in [0.2, 0.25) is 0 Å². The van der Waals surface area contributed by atoms with Gasteiger partial charge >= 0.3 is 0 Å². The van der Waals surface area contributed by atoms with Gasteiger partial charge in [-0.05, 0) is 55.7 Å². The third-order valence-electron chi connectivity index (χ3n) is 6.77. The number of halogens is 1. The monoisotopic (exact) mass is 538 g/mol. The number of fused-ring (bicyclic) bond motifs is 1. The molecular formula is C29H39FN6O3. The highest BCUT2D eigenvalue weighted by Gasteiger charge is 2.28. The van der Waals surface area contributed by atoms with Gasteiger partial charge in [0, 0.05) is 43.5 Å². The van der Waals surface area contributed by atoms with Gasteiger partial charge in [-0.3, -0.25) is 14.6 Å². The summed E-state index contributed by atoms with van der Waals surface area (Å²) >= 11 is 0. The Balaban J connectivity index is 0.00000420. The molecule has 3 aromatic rings. The SMILES string of the molecule is C.CCCCCNC(=O)CN(CC(=O)N(C)N1Cc2cccc(F)c2C1)c1ccc(-c2nc(C)no2)cc1C. The maximum Gasteiger partial charge on any atom is 0.257 e. The Kier molecular flexibility index (Phi) is 10.2. The van der Waals surface area contributed by atoms with Gasteiger partial charge in [-0.1, -0.05) is 44.5 Å². The van der Waals surface area contributed by atoms with Crippen molar-refractivity contribution < 1.29 is 18.5 Å². The summed E-state index contributed by atoms with van der Waals surface area (Å²) in [6.07, 6.45) is 3.02. The predicted octanol–water partition coefficient (Wildman–Crippen LogP) is 4.63. The summed E-state index contributed by atoms with van der Waals surface area (Å²) < 4.78 is 19.5. The molecule has 2 aromatic carbocycles. The molecule has 0 atom stereocenters. The van der Waals surface area contributed by atoms with Crippen LogP contribution in [-0.2, 0) is 22.7 Å². The van der Waals surface area contributed by atoms with E-state index < -0.39 is 0 Å². The fourth-order valence-corrected chi connectivity index (χ4v) is 4.61. The van der Waals surface area contributed by atoms with Crippen LogP contribution in [0, 0.1) is 19.7 Å². The summed E-state index contributed by atoms with van der Waals surface area (Å²) in [5, 5.41) is 10.1. The second-order valence-corrected chi connectivity index (χ2v) is 9.68. The summed E-state index contributed by atoms with van der Waals surface area (Å²) in [4.78, 5) is 32.3. The summed E-state index contributed by atoms with van der Waals surface area (Å²) in [7, 11) is 1.68. The van der Waals surface area contributed by atoms with Gasteiger partial charge in [-0.2, -0.15) is 4.98 Å². The Bertz CT molecular complexity index is 1290. The van der Waals surface area contributed by atoms with Crippen molar-refractivity contribution in [3.05, 3.63) is 64.7 Å². The standard InChI is InChI=1S/C28H35FN6O3.CH4/c1-5-6-7-13-30-26(36)17-34(25-12-11-21(14-19(25)2)28-31-20(3)32-38-28)18-27(37)33(4)35-15-22-9-8-10-24(29)23(22)16-35;/h8-12,14H,5-7,13,15-18H2,1-4H3,(H,30,36);1H4. The van der Waals surface area contributed by atoms with Crippen LogP contribution in [0.4, 0.5) is 10.1 Å². The van der Waals surface area contributed by atoms with Crippen molar-refractivity contribution in [1.29, 1.82) is 0 Å². The van der Waals surface area contributed by atoms with Crippen molar-refractivity contribution in [3.8, 4) is 11.5 Å². The molecule has 10 heteroatoms. The molecule has 9 nitrogen and oxygen atoms in total. The zero-order chi connectivity index (χ0) is 27.2. The molecule has 1 N–H and O–H groups in total. The molecule has 2 amide bonds. The van der Waals surface area contributed by atoms with Gasteiger partial charge in [-0.15, -0.1) is 0 Å². The molecule has 0 radical (unpaired) electrons. The van der Waals surface area contributed by atoms with Crippen LogP contribution in [-0.4, -0.2) is 58.7 Å². The Hall–Kier alpha value is -3.79. The van der Waals surface area contributed by atoms with Crippen molar-refractivity contribution in [3.63, 3.8) is 0 Å². The van der Waals surface area contributed by atoms with E-state index in [4.69, 9.17) is 4.52 Å². The summed E-state index contributed by atoms with van der Waals surface area (Å²) in [5.74, 6) is 0.338. The third-order valence-corrected chi connectivity index (χ3v) is 6.77. The Morgan fingerprint density at radius 3 is 2.59 bits per heavy atom. The molecule has 39 heavy (non-hydrogen) atoms. The number of carbonyl (C=O) groups is 2. The number of aromatic nitrogens is 2. The Labute approximate surface area is 229 Å². The van der Waals surface area contributed by atoms with Crippen molar-refractivity contribution in [2.24, 2.45) is 0 Å². The van der Waals surface area contributed by atoms with Crippen molar-refractivity contribution in [2.45, 2.75) is 60.5 Å². The molecule has 1 aliphatic rings. The van der Waals surface area contributed by atoms with E-state index in [0.29, 0.717) is 36.9 Å². The van der Waals surface area contributed by atoms with E-state index >= 15 is 0 Å². The molecule has 4 rings (SSSR count). The van der Waals surface area contributed by atoms with Crippen LogP contribution in [0.25, 0.3) is 11.5 Å². The third kappa shape index (κ3) is 7.20. The maximum atomic E-state index is 14.3. The number of benzene rings is 2. The number of anilines is 1. The van der Waals surface area contributed by atoms with Gasteiger partial charge in [0.05, 0.1) is 13.1 Å². The molecule has 2 heterocycles. The number of nitrogens with one attached hydrogen (secondary N) is 1. The number of carbonyl (C=O) groups excluding carboxylic acids is 2. The summed E-state index contributed by atoms with van der Waals surface area (Å²) in [6.45, 7) is 7.16. The van der Waals surface area contributed by atoms with Gasteiger partial charge in [0.15, 0.2) is 5.82 Å². The molecule has 0 bridgehead atoms. The van der Waals surface area contributed by atoms with Gasteiger partial charge in [0.1, 0.15) is 5.82 Å². The van der Waals surface area contributed by atoms with Crippen LogP contribution in [0.3, 0.4) is 0 Å². The lowest BCUT2D eigenvalue weighted by molar-refractivity contribution is -0.145. The lowest BCUT2D eigenvalue weighted by Gasteiger charge is -2.32. The summed E-state index contributed by atoms with van der Waals surface area (Å²) in [5.41, 5.74) is 3.86. The number of nitrogens with zero attached hydrogens (tertiary/aromatic N) is 5. The van der Waals surface area contributed by atoms with Crippen LogP contribution in [0.5, 0.6) is 0 Å². The Morgan fingerprint density at radius 2 is 1.92 bits per heavy atom. The molecule has 210 valence electrons. The van der Waals surface area contributed by atoms with Crippen molar-refractivity contribution >= 4 is 17.5 Å². The molecule has 0 saturated heterocycles. The van der Waals surface area contributed by atoms with Crippen molar-refractivity contribution in [2.75, 3.05) is 31.6 Å². The second-order valence-electron chi connectivity index (χ2n) is 9.68. The lowest BCUT2D eigenvalue weighted by Crippen LogP contribution is -2.48. The first-order valence-corrected chi connectivity index (χ1v) is 13.0. The molecule has 0 fully saturated rings. The van der Waals surface area contributed by atoms with E-state index in [0.717, 1.165) is 41.6 Å². The lowest BCUT2D eigenvalue weighted by atomic mass is 10.1. The maximum absolute atomic E-state index is 14.3. The number of likely N-dealkylation sites (N-methyl/N-ethyl adjacent to an activating group) is 1. The van der Waals surface area contributed by atoms with E-state index in [2.05, 4.69) is 22.4 Å².